The molecule has 9 nitrogen and oxygen atoms in total. The van der Waals surface area contributed by atoms with Crippen molar-refractivity contribution in [2.24, 2.45) is 0 Å². The van der Waals surface area contributed by atoms with Crippen LogP contribution in [-0.4, -0.2) is 47.7 Å². The van der Waals surface area contributed by atoms with E-state index in [0.717, 1.165) is 31.9 Å². The van der Waals surface area contributed by atoms with Crippen molar-refractivity contribution < 1.29 is 9.66 Å². The van der Waals surface area contributed by atoms with Gasteiger partial charge in [0.05, 0.1) is 23.7 Å². The molecule has 2 aromatic carbocycles. The molecule has 0 amide bonds. The van der Waals surface area contributed by atoms with E-state index in [9.17, 15) is 10.1 Å². The van der Waals surface area contributed by atoms with Crippen molar-refractivity contribution in [3.63, 3.8) is 0 Å². The van der Waals surface area contributed by atoms with Crippen LogP contribution in [0.25, 0.3) is 10.9 Å². The number of nitro groups is 1. The Morgan fingerprint density at radius 2 is 1.90 bits per heavy atom. The fraction of sp³-hybridized carbons (Fsp3) is 0.333. The number of anilines is 3. The van der Waals surface area contributed by atoms with Gasteiger partial charge in [-0.25, -0.2) is 9.97 Å². The van der Waals surface area contributed by atoms with Crippen LogP contribution in [0.4, 0.5) is 22.9 Å². The largest absolute Gasteiger partial charge is 0.380 e. The van der Waals surface area contributed by atoms with E-state index < -0.39 is 4.92 Å². The number of nitrogens with one attached hydrogen (secondary N) is 2. The van der Waals surface area contributed by atoms with Crippen LogP contribution in [0, 0.1) is 10.1 Å². The van der Waals surface area contributed by atoms with Crippen molar-refractivity contribution in [3.05, 3.63) is 58.4 Å². The number of nitrogens with zero attached hydrogens (tertiary/aromatic N) is 4. The summed E-state index contributed by atoms with van der Waals surface area (Å²) >= 11 is 0. The normalized spacial score (nSPS) is 14.0. The fourth-order valence-electron chi connectivity index (χ4n) is 3.55. The van der Waals surface area contributed by atoms with E-state index in [2.05, 4.69) is 49.8 Å². The summed E-state index contributed by atoms with van der Waals surface area (Å²) in [5.41, 5.74) is 3.39. The molecule has 1 saturated heterocycles. The molecule has 0 radical (unpaired) electrons. The maximum atomic E-state index is 11.5. The quantitative estimate of drug-likeness (QED) is 0.453. The summed E-state index contributed by atoms with van der Waals surface area (Å²) in [4.78, 5) is 22.0. The highest BCUT2D eigenvalue weighted by Gasteiger charge is 2.17. The van der Waals surface area contributed by atoms with Crippen molar-refractivity contribution in [1.29, 1.82) is 0 Å². The molecule has 4 rings (SSSR count). The number of ether oxygens (including phenoxy) is 1. The summed E-state index contributed by atoms with van der Waals surface area (Å²) in [5, 5.41) is 18.4. The first kappa shape index (κ1) is 19.8. The Labute approximate surface area is 174 Å². The van der Waals surface area contributed by atoms with E-state index in [4.69, 9.17) is 4.74 Å². The van der Waals surface area contributed by atoms with E-state index in [1.807, 2.05) is 6.92 Å². The number of hydrogen-bond donors (Lipinski definition) is 2. The Hall–Kier alpha value is -3.46. The number of fused-ring (bicyclic) bond motifs is 1. The average molecular weight is 408 g/mol. The molecule has 0 spiro atoms. The first-order valence-electron chi connectivity index (χ1n) is 9.98. The minimum absolute atomic E-state index is 0.0112. The van der Waals surface area contributed by atoms with Gasteiger partial charge in [-0.1, -0.05) is 12.1 Å². The van der Waals surface area contributed by atoms with Gasteiger partial charge in [0.2, 0.25) is 0 Å². The number of benzene rings is 2. The van der Waals surface area contributed by atoms with E-state index >= 15 is 0 Å². The lowest BCUT2D eigenvalue weighted by atomic mass is 10.1. The third kappa shape index (κ3) is 4.25. The zero-order valence-corrected chi connectivity index (χ0v) is 16.8. The molecular weight excluding hydrogens is 384 g/mol. The highest BCUT2D eigenvalue weighted by molar-refractivity contribution is 5.94. The van der Waals surface area contributed by atoms with Crippen LogP contribution >= 0.6 is 0 Å². The summed E-state index contributed by atoms with van der Waals surface area (Å²) in [6, 6.07) is 11.6. The zero-order valence-electron chi connectivity index (χ0n) is 16.8. The second-order valence-electron chi connectivity index (χ2n) is 7.02. The van der Waals surface area contributed by atoms with E-state index in [-0.39, 0.29) is 5.69 Å². The van der Waals surface area contributed by atoms with Gasteiger partial charge in [0.25, 0.3) is 5.69 Å². The van der Waals surface area contributed by atoms with Crippen LogP contribution in [-0.2, 0) is 11.3 Å². The molecule has 9 heteroatoms. The highest BCUT2D eigenvalue weighted by Crippen LogP contribution is 2.32. The van der Waals surface area contributed by atoms with Gasteiger partial charge in [-0.3, -0.25) is 10.1 Å². The number of rotatable bonds is 7. The van der Waals surface area contributed by atoms with Gasteiger partial charge >= 0.3 is 0 Å². The van der Waals surface area contributed by atoms with Crippen LogP contribution in [0.1, 0.15) is 12.5 Å². The first-order valence-corrected chi connectivity index (χ1v) is 9.98. The monoisotopic (exact) mass is 408 g/mol. The molecule has 30 heavy (non-hydrogen) atoms. The van der Waals surface area contributed by atoms with Gasteiger partial charge in [0.15, 0.2) is 0 Å². The van der Waals surface area contributed by atoms with Gasteiger partial charge in [0.1, 0.15) is 17.8 Å². The summed E-state index contributed by atoms with van der Waals surface area (Å²) in [6.07, 6.45) is 1.47. The maximum Gasteiger partial charge on any atom is 0.293 e. The SMILES string of the molecule is CCNc1cc2ncnc(NCc3ccc(N4CCOCC4)cc3)c2cc1[N+](=O)[O-]. The maximum absolute atomic E-state index is 11.5. The number of morpholine rings is 1. The van der Waals surface area contributed by atoms with Crippen LogP contribution in [0.15, 0.2) is 42.7 Å². The topological polar surface area (TPSA) is 105 Å². The predicted octanol–water partition coefficient (Wildman–Crippen LogP) is 3.42. The lowest BCUT2D eigenvalue weighted by Crippen LogP contribution is -2.36. The third-order valence-electron chi connectivity index (χ3n) is 5.09. The van der Waals surface area contributed by atoms with E-state index in [1.54, 1.807) is 6.07 Å². The Bertz CT molecular complexity index is 1030. The molecule has 156 valence electrons. The van der Waals surface area contributed by atoms with Crippen LogP contribution in [0.5, 0.6) is 0 Å². The molecule has 0 saturated carbocycles. The summed E-state index contributed by atoms with van der Waals surface area (Å²) < 4.78 is 5.40. The Balaban J connectivity index is 1.53. The first-order chi connectivity index (χ1) is 14.7. The van der Waals surface area contributed by atoms with Crippen molar-refractivity contribution in [2.75, 3.05) is 48.4 Å². The number of aromatic nitrogens is 2. The second kappa shape index (κ2) is 8.91. The Kier molecular flexibility index (Phi) is 5.89. The molecule has 1 fully saturated rings. The minimum atomic E-state index is -0.390. The molecule has 2 N–H and O–H groups in total. The smallest absolute Gasteiger partial charge is 0.293 e. The fourth-order valence-corrected chi connectivity index (χ4v) is 3.55. The van der Waals surface area contributed by atoms with Crippen molar-refractivity contribution in [2.45, 2.75) is 13.5 Å². The van der Waals surface area contributed by atoms with Crippen LogP contribution in [0.3, 0.4) is 0 Å². The molecular formula is C21H24N6O3. The number of hydrogen-bond acceptors (Lipinski definition) is 8. The van der Waals surface area contributed by atoms with Crippen molar-refractivity contribution in [3.8, 4) is 0 Å². The molecule has 0 unspecified atom stereocenters. The molecule has 0 bridgehead atoms. The molecule has 0 aliphatic carbocycles. The van der Waals surface area contributed by atoms with Crippen molar-refractivity contribution >= 4 is 33.8 Å². The molecule has 1 aliphatic heterocycles. The Morgan fingerprint density at radius 1 is 1.13 bits per heavy atom. The second-order valence-corrected chi connectivity index (χ2v) is 7.02. The van der Waals surface area contributed by atoms with Crippen molar-refractivity contribution in [1.82, 2.24) is 9.97 Å². The van der Waals surface area contributed by atoms with Gasteiger partial charge in [-0.05, 0) is 30.7 Å². The summed E-state index contributed by atoms with van der Waals surface area (Å²) in [5.74, 6) is 0.573. The summed E-state index contributed by atoms with van der Waals surface area (Å²) in [6.45, 7) is 6.35. The van der Waals surface area contributed by atoms with E-state index in [0.29, 0.717) is 35.5 Å². The Morgan fingerprint density at radius 3 is 2.60 bits per heavy atom. The van der Waals surface area contributed by atoms with Crippen LogP contribution in [0.2, 0.25) is 0 Å². The lowest BCUT2D eigenvalue weighted by molar-refractivity contribution is -0.383. The van der Waals surface area contributed by atoms with E-state index in [1.165, 1.54) is 18.1 Å². The van der Waals surface area contributed by atoms with Gasteiger partial charge in [-0.15, -0.1) is 0 Å². The molecule has 1 aliphatic rings. The van der Waals surface area contributed by atoms with Gasteiger partial charge < -0.3 is 20.3 Å². The molecule has 2 heterocycles. The minimum Gasteiger partial charge on any atom is -0.380 e. The lowest BCUT2D eigenvalue weighted by Gasteiger charge is -2.28. The standard InChI is InChI=1S/C21H24N6O3/c1-2-22-19-12-18-17(11-20(19)27(28)29)21(25-14-24-18)23-13-15-3-5-16(6-4-15)26-7-9-30-10-8-26/h3-6,11-12,14,22H,2,7-10,13H2,1H3,(H,23,24,25). The van der Waals surface area contributed by atoms with Gasteiger partial charge in [0, 0.05) is 43.3 Å². The molecule has 0 atom stereocenters. The van der Waals surface area contributed by atoms with Crippen LogP contribution < -0.4 is 15.5 Å². The molecule has 1 aromatic heterocycles. The number of nitro benzene ring substituents is 1. The molecule has 3 aromatic rings. The summed E-state index contributed by atoms with van der Waals surface area (Å²) in [7, 11) is 0. The predicted molar refractivity (Wildman–Crippen MR) is 117 cm³/mol. The highest BCUT2D eigenvalue weighted by atomic mass is 16.6. The zero-order chi connectivity index (χ0) is 20.9. The third-order valence-corrected chi connectivity index (χ3v) is 5.09. The average Bonchev–Trinajstić information content (AvgIpc) is 2.78. The van der Waals surface area contributed by atoms with Gasteiger partial charge in [-0.2, -0.15) is 0 Å².